The largest absolute Gasteiger partial charge is 0.508 e. The van der Waals surface area contributed by atoms with Crippen LogP contribution < -0.4 is 10.5 Å². The quantitative estimate of drug-likeness (QED) is 0.555. The normalized spacial score (nSPS) is 14.0. The monoisotopic (exact) mass is 338 g/mol. The number of aromatic hydroxyl groups is 1. The summed E-state index contributed by atoms with van der Waals surface area (Å²) in [6, 6.07) is 9.38. The highest BCUT2D eigenvalue weighted by Crippen LogP contribution is 2.37. The summed E-state index contributed by atoms with van der Waals surface area (Å²) >= 11 is 1.47. The highest BCUT2D eigenvalue weighted by molar-refractivity contribution is 7.22. The fraction of sp³-hybridized carbons (Fsp3) is 0.176. The number of benzene rings is 2. The van der Waals surface area contributed by atoms with Crippen LogP contribution >= 0.6 is 11.3 Å². The molecular formula is C17H14N4O2S. The molecule has 24 heavy (non-hydrogen) atoms. The predicted octanol–water partition coefficient (Wildman–Crippen LogP) is 3.38. The van der Waals surface area contributed by atoms with E-state index in [1.807, 2.05) is 12.1 Å². The van der Waals surface area contributed by atoms with Crippen LogP contribution in [0.25, 0.3) is 32.6 Å². The second-order valence-electron chi connectivity index (χ2n) is 5.84. The summed E-state index contributed by atoms with van der Waals surface area (Å²) in [5.41, 5.74) is 9.39. The molecule has 120 valence electrons. The first kappa shape index (κ1) is 13.6. The lowest BCUT2D eigenvalue weighted by molar-refractivity contribution is 0.314. The van der Waals surface area contributed by atoms with E-state index < -0.39 is 0 Å². The van der Waals surface area contributed by atoms with Crippen LogP contribution in [0, 0.1) is 0 Å². The lowest BCUT2D eigenvalue weighted by Crippen LogP contribution is -2.01. The molecule has 0 fully saturated rings. The SMILES string of the molecule is Nc1nc2ccc(-c3nc4cc(O)cc5c4n3CCCO5)cc2s1. The molecule has 0 bridgehead atoms. The van der Waals surface area contributed by atoms with Crippen molar-refractivity contribution in [1.29, 1.82) is 0 Å². The van der Waals surface area contributed by atoms with Crippen molar-refractivity contribution in [3.63, 3.8) is 0 Å². The molecule has 2 aromatic carbocycles. The number of rotatable bonds is 1. The third-order valence-corrected chi connectivity index (χ3v) is 5.09. The second-order valence-corrected chi connectivity index (χ2v) is 6.90. The summed E-state index contributed by atoms with van der Waals surface area (Å²) in [5.74, 6) is 1.72. The number of nitrogen functional groups attached to an aromatic ring is 1. The van der Waals surface area contributed by atoms with Gasteiger partial charge >= 0.3 is 0 Å². The first-order valence-electron chi connectivity index (χ1n) is 7.71. The fourth-order valence-corrected chi connectivity index (χ4v) is 4.02. The smallest absolute Gasteiger partial charge is 0.181 e. The minimum atomic E-state index is 0.168. The van der Waals surface area contributed by atoms with Gasteiger partial charge in [0.15, 0.2) is 5.13 Å². The van der Waals surface area contributed by atoms with Crippen molar-refractivity contribution in [2.24, 2.45) is 0 Å². The number of phenols is 1. The third kappa shape index (κ3) is 1.94. The topological polar surface area (TPSA) is 86.2 Å². The van der Waals surface area contributed by atoms with Crippen LogP contribution in [0.3, 0.4) is 0 Å². The standard InChI is InChI=1S/C17H14N4O2S/c18-17-20-11-3-2-9(6-14(11)24-17)16-19-12-7-10(22)8-13-15(12)21(16)4-1-5-23-13/h2-3,6-8,22H,1,4-5H2,(H2,18,20). The molecule has 0 saturated heterocycles. The molecular weight excluding hydrogens is 324 g/mol. The van der Waals surface area contributed by atoms with Gasteiger partial charge in [0.2, 0.25) is 0 Å². The van der Waals surface area contributed by atoms with Gasteiger partial charge in [0.25, 0.3) is 0 Å². The number of hydrogen-bond acceptors (Lipinski definition) is 6. The average Bonchev–Trinajstić information content (AvgIpc) is 3.02. The van der Waals surface area contributed by atoms with Gasteiger partial charge in [0.1, 0.15) is 22.8 Å². The van der Waals surface area contributed by atoms with Crippen LogP contribution in [0.4, 0.5) is 5.13 Å². The number of hydrogen-bond donors (Lipinski definition) is 2. The minimum Gasteiger partial charge on any atom is -0.508 e. The zero-order chi connectivity index (χ0) is 16.3. The van der Waals surface area contributed by atoms with E-state index in [4.69, 9.17) is 15.5 Å². The maximum Gasteiger partial charge on any atom is 0.181 e. The molecule has 0 aliphatic carbocycles. The Kier molecular flexibility index (Phi) is 2.75. The van der Waals surface area contributed by atoms with E-state index >= 15 is 0 Å². The predicted molar refractivity (Wildman–Crippen MR) is 94.5 cm³/mol. The second kappa shape index (κ2) is 4.85. The molecule has 0 saturated carbocycles. The maximum atomic E-state index is 9.92. The summed E-state index contributed by atoms with van der Waals surface area (Å²) in [4.78, 5) is 9.05. The van der Waals surface area contributed by atoms with Gasteiger partial charge in [0.05, 0.1) is 22.3 Å². The number of aromatic nitrogens is 3. The Morgan fingerprint density at radius 1 is 1.17 bits per heavy atom. The van der Waals surface area contributed by atoms with Gasteiger partial charge in [-0.2, -0.15) is 0 Å². The Bertz CT molecular complexity index is 1100. The Morgan fingerprint density at radius 3 is 3.00 bits per heavy atom. The van der Waals surface area contributed by atoms with Crippen LogP contribution in [0.15, 0.2) is 30.3 Å². The van der Waals surface area contributed by atoms with Crippen LogP contribution in [0.2, 0.25) is 0 Å². The Morgan fingerprint density at radius 2 is 2.08 bits per heavy atom. The number of nitrogens with zero attached hydrogens (tertiary/aromatic N) is 3. The van der Waals surface area contributed by atoms with Crippen molar-refractivity contribution >= 4 is 37.7 Å². The van der Waals surface area contributed by atoms with Gasteiger partial charge in [0, 0.05) is 24.2 Å². The van der Waals surface area contributed by atoms with Crippen LogP contribution in [0.1, 0.15) is 6.42 Å². The number of fused-ring (bicyclic) bond motifs is 1. The number of aryl methyl sites for hydroxylation is 1. The number of imidazole rings is 1. The fourth-order valence-electron chi connectivity index (χ4n) is 3.25. The highest BCUT2D eigenvalue weighted by Gasteiger charge is 2.20. The summed E-state index contributed by atoms with van der Waals surface area (Å²) in [7, 11) is 0. The van der Waals surface area contributed by atoms with Crippen molar-refractivity contribution in [3.8, 4) is 22.9 Å². The Balaban J connectivity index is 1.79. The van der Waals surface area contributed by atoms with Gasteiger partial charge < -0.3 is 20.1 Å². The summed E-state index contributed by atoms with van der Waals surface area (Å²) in [5, 5.41) is 10.5. The molecule has 0 amide bonds. The first-order valence-corrected chi connectivity index (χ1v) is 8.53. The van der Waals surface area contributed by atoms with E-state index in [1.54, 1.807) is 12.1 Å². The third-order valence-electron chi connectivity index (χ3n) is 4.24. The first-order chi connectivity index (χ1) is 11.7. The van der Waals surface area contributed by atoms with Gasteiger partial charge in [-0.25, -0.2) is 9.97 Å². The lowest BCUT2D eigenvalue weighted by atomic mass is 10.2. The molecule has 1 aliphatic rings. The van der Waals surface area contributed by atoms with Gasteiger partial charge in [-0.1, -0.05) is 11.3 Å². The van der Waals surface area contributed by atoms with E-state index in [0.29, 0.717) is 17.5 Å². The molecule has 3 heterocycles. The van der Waals surface area contributed by atoms with Crippen molar-refractivity contribution in [2.75, 3.05) is 12.3 Å². The maximum absolute atomic E-state index is 9.92. The molecule has 1 aliphatic heterocycles. The molecule has 0 spiro atoms. The van der Waals surface area contributed by atoms with Crippen LogP contribution in [-0.2, 0) is 6.54 Å². The number of ether oxygens (including phenoxy) is 1. The van der Waals surface area contributed by atoms with Crippen molar-refractivity contribution in [3.05, 3.63) is 30.3 Å². The molecule has 4 aromatic rings. The molecule has 6 nitrogen and oxygen atoms in total. The summed E-state index contributed by atoms with van der Waals surface area (Å²) < 4.78 is 8.99. The summed E-state index contributed by atoms with van der Waals surface area (Å²) in [6.45, 7) is 1.45. The lowest BCUT2D eigenvalue weighted by Gasteiger charge is -2.07. The van der Waals surface area contributed by atoms with Gasteiger partial charge in [-0.15, -0.1) is 0 Å². The molecule has 0 radical (unpaired) electrons. The van der Waals surface area contributed by atoms with Gasteiger partial charge in [-0.3, -0.25) is 0 Å². The number of nitrogens with two attached hydrogens (primary N) is 1. The van der Waals surface area contributed by atoms with E-state index in [0.717, 1.165) is 45.6 Å². The van der Waals surface area contributed by atoms with Gasteiger partial charge in [-0.05, 0) is 24.6 Å². The Hall–Kier alpha value is -2.80. The van der Waals surface area contributed by atoms with E-state index in [1.165, 1.54) is 11.3 Å². The van der Waals surface area contributed by atoms with Crippen LogP contribution in [-0.4, -0.2) is 26.2 Å². The van der Waals surface area contributed by atoms with Crippen molar-refractivity contribution in [2.45, 2.75) is 13.0 Å². The zero-order valence-corrected chi connectivity index (χ0v) is 13.5. The van der Waals surface area contributed by atoms with E-state index in [9.17, 15) is 5.11 Å². The average molecular weight is 338 g/mol. The highest BCUT2D eigenvalue weighted by atomic mass is 32.1. The molecule has 0 atom stereocenters. The molecule has 7 heteroatoms. The van der Waals surface area contributed by atoms with Crippen LogP contribution in [0.5, 0.6) is 11.5 Å². The Labute approximate surface area is 141 Å². The molecule has 3 N–H and O–H groups in total. The molecule has 0 unspecified atom stereocenters. The van der Waals surface area contributed by atoms with E-state index in [2.05, 4.69) is 15.6 Å². The zero-order valence-electron chi connectivity index (χ0n) is 12.7. The van der Waals surface area contributed by atoms with Crippen molar-refractivity contribution in [1.82, 2.24) is 14.5 Å². The number of anilines is 1. The van der Waals surface area contributed by atoms with Crippen molar-refractivity contribution < 1.29 is 9.84 Å². The molecule has 2 aromatic heterocycles. The number of thiazole rings is 1. The minimum absolute atomic E-state index is 0.168. The molecule has 5 rings (SSSR count). The number of phenolic OH excluding ortho intramolecular Hbond substituents is 1. The van der Waals surface area contributed by atoms with E-state index in [-0.39, 0.29) is 5.75 Å². The summed E-state index contributed by atoms with van der Waals surface area (Å²) in [6.07, 6.45) is 0.893.